The van der Waals surface area contributed by atoms with Gasteiger partial charge in [0.1, 0.15) is 24.7 Å². The predicted molar refractivity (Wildman–Crippen MR) is 173 cm³/mol. The highest BCUT2D eigenvalue weighted by Crippen LogP contribution is 2.36. The van der Waals surface area contributed by atoms with Crippen molar-refractivity contribution < 1.29 is 33.3 Å². The molecule has 8 nitrogen and oxygen atoms in total. The lowest BCUT2D eigenvalue weighted by Crippen LogP contribution is -2.34. The molecule has 0 amide bonds. The highest BCUT2D eigenvalue weighted by molar-refractivity contribution is 5.91. The minimum absolute atomic E-state index is 0.0419. The second kappa shape index (κ2) is 16.3. The van der Waals surface area contributed by atoms with Crippen LogP contribution in [0.25, 0.3) is 11.1 Å². The number of hydrogen-bond donors (Lipinski definition) is 1. The molecule has 2 N–H and O–H groups in total. The van der Waals surface area contributed by atoms with Crippen LogP contribution in [0.15, 0.2) is 72.8 Å². The van der Waals surface area contributed by atoms with Gasteiger partial charge in [0.2, 0.25) is 0 Å². The van der Waals surface area contributed by atoms with Crippen LogP contribution in [0.1, 0.15) is 58.3 Å². The van der Waals surface area contributed by atoms with Crippen LogP contribution in [-0.2, 0) is 19.0 Å². The van der Waals surface area contributed by atoms with Gasteiger partial charge < -0.3 is 29.4 Å². The number of ether oxygens (including phenoxy) is 5. The molecule has 0 saturated carbocycles. The van der Waals surface area contributed by atoms with Gasteiger partial charge >= 0.3 is 11.9 Å². The maximum absolute atomic E-state index is 12.6. The van der Waals surface area contributed by atoms with Crippen molar-refractivity contribution in [1.82, 2.24) is 0 Å². The van der Waals surface area contributed by atoms with E-state index < -0.39 is 5.97 Å². The summed E-state index contributed by atoms with van der Waals surface area (Å²) in [6.45, 7) is 14.7. The minimum Gasteiger partial charge on any atom is -0.491 e. The first-order chi connectivity index (χ1) is 20.8. The first kappa shape index (κ1) is 34.6. The van der Waals surface area contributed by atoms with Crippen LogP contribution >= 0.6 is 0 Å². The van der Waals surface area contributed by atoms with Crippen LogP contribution in [0.4, 0.5) is 5.69 Å². The molecule has 0 spiro atoms. The number of nitrogen functional groups attached to an aromatic ring is 1. The van der Waals surface area contributed by atoms with Gasteiger partial charge in [0.05, 0.1) is 37.9 Å². The molecule has 1 unspecified atom stereocenters. The largest absolute Gasteiger partial charge is 0.491 e. The molecular weight excluding hydrogens is 558 g/mol. The number of rotatable bonds is 15. The molecule has 238 valence electrons. The normalized spacial score (nSPS) is 12.4. The molecule has 0 saturated heterocycles. The fourth-order valence-corrected chi connectivity index (χ4v) is 4.44. The van der Waals surface area contributed by atoms with Crippen LogP contribution < -0.4 is 15.2 Å². The van der Waals surface area contributed by atoms with Crippen LogP contribution in [0.3, 0.4) is 0 Å². The number of nitrogens with two attached hydrogens (primary N) is 1. The molecule has 0 aliphatic carbocycles. The Kier molecular flexibility index (Phi) is 12.8. The van der Waals surface area contributed by atoms with Gasteiger partial charge in [-0.3, -0.25) is 4.79 Å². The third-order valence-electron chi connectivity index (χ3n) is 6.89. The highest BCUT2D eigenvalue weighted by atomic mass is 16.6. The maximum Gasteiger partial charge on any atom is 0.343 e. The van der Waals surface area contributed by atoms with Crippen molar-refractivity contribution >= 4 is 17.6 Å². The first-order valence-electron chi connectivity index (χ1n) is 15.0. The Bertz CT molecular complexity index is 1310. The van der Waals surface area contributed by atoms with Gasteiger partial charge in [-0.15, -0.1) is 0 Å². The number of hydrogen-bond acceptors (Lipinski definition) is 8. The maximum atomic E-state index is 12.6. The van der Waals surface area contributed by atoms with Gasteiger partial charge in [-0.25, -0.2) is 4.79 Å². The summed E-state index contributed by atoms with van der Waals surface area (Å²) in [7, 11) is 0. The summed E-state index contributed by atoms with van der Waals surface area (Å²) in [5.41, 5.74) is 8.79. The van der Waals surface area contributed by atoms with Gasteiger partial charge in [-0.05, 0) is 76.9 Å². The van der Waals surface area contributed by atoms with E-state index in [1.165, 1.54) is 0 Å². The van der Waals surface area contributed by atoms with Crippen LogP contribution in [-0.4, -0.2) is 51.6 Å². The van der Waals surface area contributed by atoms with E-state index in [4.69, 9.17) is 29.4 Å². The van der Waals surface area contributed by atoms with E-state index in [0.717, 1.165) is 17.5 Å². The van der Waals surface area contributed by atoms with E-state index in [1.54, 1.807) is 36.4 Å². The van der Waals surface area contributed by atoms with E-state index >= 15 is 0 Å². The standard InChI is InChI=1S/C36H47NO7/c1-35(2,3)25-32(36(4,5)6)34(39)43-24-22-41-20-19-40-21-23-42-30-15-11-28(12-16-30)33(38)44-31-17-9-27(10-18-31)26-7-13-29(37)14-8-26/h7-18,32H,19-25,37H2,1-6H3. The summed E-state index contributed by atoms with van der Waals surface area (Å²) < 4.78 is 27.8. The van der Waals surface area contributed by atoms with Crippen molar-refractivity contribution in [1.29, 1.82) is 0 Å². The Morgan fingerprint density at radius 3 is 1.70 bits per heavy atom. The van der Waals surface area contributed by atoms with E-state index in [0.29, 0.717) is 55.8 Å². The van der Waals surface area contributed by atoms with Crippen LogP contribution in [0.5, 0.6) is 11.5 Å². The fraction of sp³-hybridized carbons (Fsp3) is 0.444. The number of carbonyl (C=O) groups excluding carboxylic acids is 2. The molecule has 3 aromatic carbocycles. The van der Waals surface area contributed by atoms with Crippen molar-refractivity contribution in [2.45, 2.75) is 48.0 Å². The number of benzene rings is 3. The summed E-state index contributed by atoms with van der Waals surface area (Å²) in [4.78, 5) is 25.2. The Labute approximate surface area is 261 Å². The molecule has 0 aromatic heterocycles. The van der Waals surface area contributed by atoms with Gasteiger partial charge in [-0.2, -0.15) is 0 Å². The van der Waals surface area contributed by atoms with E-state index in [9.17, 15) is 9.59 Å². The number of carbonyl (C=O) groups is 2. The lowest BCUT2D eigenvalue weighted by atomic mass is 9.72. The number of esters is 2. The molecule has 8 heteroatoms. The lowest BCUT2D eigenvalue weighted by Gasteiger charge is -2.33. The Hall–Kier alpha value is -3.88. The smallest absolute Gasteiger partial charge is 0.343 e. The van der Waals surface area contributed by atoms with Gasteiger partial charge in [0.25, 0.3) is 0 Å². The second-order valence-corrected chi connectivity index (χ2v) is 13.0. The summed E-state index contributed by atoms with van der Waals surface area (Å²) in [5.74, 6) is 0.294. The zero-order valence-corrected chi connectivity index (χ0v) is 26.9. The third kappa shape index (κ3) is 12.0. The van der Waals surface area contributed by atoms with Crippen molar-refractivity contribution in [3.63, 3.8) is 0 Å². The monoisotopic (exact) mass is 605 g/mol. The molecule has 0 heterocycles. The molecule has 3 aromatic rings. The molecule has 0 aliphatic rings. The predicted octanol–water partition coefficient (Wildman–Crippen LogP) is 7.21. The Morgan fingerprint density at radius 2 is 1.16 bits per heavy atom. The molecule has 1 atom stereocenters. The average molecular weight is 606 g/mol. The summed E-state index contributed by atoms with van der Waals surface area (Å²) in [5, 5.41) is 0. The zero-order valence-electron chi connectivity index (χ0n) is 26.9. The second-order valence-electron chi connectivity index (χ2n) is 13.0. The first-order valence-corrected chi connectivity index (χ1v) is 15.0. The van der Waals surface area contributed by atoms with Crippen LogP contribution in [0.2, 0.25) is 0 Å². The van der Waals surface area contributed by atoms with Crippen molar-refractivity contribution in [2.24, 2.45) is 16.7 Å². The summed E-state index contributed by atoms with van der Waals surface area (Å²) in [6, 6.07) is 21.7. The topological polar surface area (TPSA) is 106 Å². The summed E-state index contributed by atoms with van der Waals surface area (Å²) in [6.07, 6.45) is 0.769. The summed E-state index contributed by atoms with van der Waals surface area (Å²) >= 11 is 0. The fourth-order valence-electron chi connectivity index (χ4n) is 4.44. The molecular formula is C36H47NO7. The molecule has 0 fully saturated rings. The Morgan fingerprint density at radius 1 is 0.659 bits per heavy atom. The van der Waals surface area contributed by atoms with Crippen molar-refractivity contribution in [2.75, 3.05) is 45.4 Å². The van der Waals surface area contributed by atoms with Crippen LogP contribution in [0, 0.1) is 16.7 Å². The quantitative estimate of drug-likeness (QED) is 0.0839. The SMILES string of the molecule is CC(C)(C)CC(C(=O)OCCOCCOCCOc1ccc(C(=O)Oc2ccc(-c3ccc(N)cc3)cc2)cc1)C(C)(C)C. The Balaban J connectivity index is 1.27. The molecule has 0 bridgehead atoms. The van der Waals surface area contributed by atoms with Crippen molar-refractivity contribution in [3.05, 3.63) is 78.4 Å². The highest BCUT2D eigenvalue weighted by Gasteiger charge is 2.35. The third-order valence-corrected chi connectivity index (χ3v) is 6.89. The molecule has 0 aliphatic heterocycles. The van der Waals surface area contributed by atoms with Gasteiger partial charge in [0.15, 0.2) is 0 Å². The molecule has 0 radical (unpaired) electrons. The zero-order chi connectivity index (χ0) is 32.2. The van der Waals surface area contributed by atoms with E-state index in [1.807, 2.05) is 36.4 Å². The van der Waals surface area contributed by atoms with E-state index in [2.05, 4.69) is 41.5 Å². The number of anilines is 1. The lowest BCUT2D eigenvalue weighted by molar-refractivity contribution is -0.155. The average Bonchev–Trinajstić information content (AvgIpc) is 2.97. The van der Waals surface area contributed by atoms with Gasteiger partial charge in [0, 0.05) is 5.69 Å². The molecule has 44 heavy (non-hydrogen) atoms. The molecule has 3 rings (SSSR count). The van der Waals surface area contributed by atoms with Crippen molar-refractivity contribution in [3.8, 4) is 22.6 Å². The van der Waals surface area contributed by atoms with E-state index in [-0.39, 0.29) is 29.3 Å². The van der Waals surface area contributed by atoms with Gasteiger partial charge in [-0.1, -0.05) is 65.8 Å². The minimum atomic E-state index is -0.450.